The maximum atomic E-state index is 14.3. The quantitative estimate of drug-likeness (QED) is 0.220. The fraction of sp³-hybridized carbons (Fsp3) is 0.548. The largest absolute Gasteiger partial charge is 0.586 e. The zero-order valence-corrected chi connectivity index (χ0v) is 24.5. The Labute approximate surface area is 255 Å². The fourth-order valence-electron chi connectivity index (χ4n) is 7.18. The Balaban J connectivity index is 1.17. The number of pyridine rings is 1. The van der Waals surface area contributed by atoms with E-state index in [0.29, 0.717) is 42.1 Å². The standard InChI is InChI=1S/C31H32F5N3O6/c1-15(16-6-7-22-25(12-16)45-31(35,36)44-22)42-26-13-19(8-9-37-26)39-27-20(28(38-39)30(32,33)34)4-3-5-23(27)43-24-14-21(29(40)41-2)17-10-18(24)11-17/h6-9,12-13,15,17-18,21,23-24,29,40H,3-5,10-11,14H2,1-2H3/t15-,17?,18?,21?,23+,24?,29?/m0/s1. The summed E-state index contributed by atoms with van der Waals surface area (Å²) in [6.07, 6.45) is -5.90. The van der Waals surface area contributed by atoms with Crippen LogP contribution >= 0.6 is 0 Å². The van der Waals surface area contributed by atoms with Crippen molar-refractivity contribution in [1.82, 2.24) is 14.8 Å². The number of benzene rings is 1. The van der Waals surface area contributed by atoms with Crippen molar-refractivity contribution < 1.29 is 50.7 Å². The predicted octanol–water partition coefficient (Wildman–Crippen LogP) is 6.52. The number of halogens is 5. The van der Waals surface area contributed by atoms with Crippen LogP contribution in [0.25, 0.3) is 5.69 Å². The highest BCUT2D eigenvalue weighted by atomic mass is 19.4. The fourth-order valence-corrected chi connectivity index (χ4v) is 7.18. The third-order valence-corrected chi connectivity index (χ3v) is 9.44. The van der Waals surface area contributed by atoms with Gasteiger partial charge in [-0.3, -0.25) is 0 Å². The molecular formula is C31H32F5N3O6. The first-order valence-electron chi connectivity index (χ1n) is 15.0. The SMILES string of the molecule is COC(O)C1CC(O[C@@H]2CCCc3c(C(F)(F)F)nn(-c4ccnc(O[C@@H](C)c5ccc6c(c5)OC(F)(F)O6)c4)c32)C2CC1C2. The Morgan fingerprint density at radius 1 is 1.07 bits per heavy atom. The molecule has 14 heteroatoms. The van der Waals surface area contributed by atoms with Crippen LogP contribution in [0.5, 0.6) is 17.4 Å². The average molecular weight is 638 g/mol. The second-order valence-electron chi connectivity index (χ2n) is 12.2. The van der Waals surface area contributed by atoms with Gasteiger partial charge in [-0.15, -0.1) is 8.78 Å². The Kier molecular flexibility index (Phi) is 7.44. The average Bonchev–Trinajstić information content (AvgIpc) is 3.53. The molecule has 0 amide bonds. The van der Waals surface area contributed by atoms with Gasteiger partial charge in [0, 0.05) is 30.9 Å². The second kappa shape index (κ2) is 11.1. The number of hydrogen-bond acceptors (Lipinski definition) is 8. The number of methoxy groups -OCH3 is 1. The summed E-state index contributed by atoms with van der Waals surface area (Å²) < 4.78 is 97.8. The van der Waals surface area contributed by atoms with Crippen molar-refractivity contribution in [2.75, 3.05) is 7.11 Å². The van der Waals surface area contributed by atoms with Gasteiger partial charge in [0.05, 0.1) is 17.5 Å². The maximum absolute atomic E-state index is 14.3. The first-order chi connectivity index (χ1) is 21.4. The lowest BCUT2D eigenvalue weighted by Crippen LogP contribution is -2.50. The highest BCUT2D eigenvalue weighted by molar-refractivity contribution is 5.46. The lowest BCUT2D eigenvalue weighted by atomic mass is 9.58. The minimum atomic E-state index is -4.67. The van der Waals surface area contributed by atoms with Gasteiger partial charge in [0.1, 0.15) is 12.2 Å². The van der Waals surface area contributed by atoms with Crippen LogP contribution in [-0.4, -0.2) is 45.7 Å². The molecule has 3 unspecified atom stereocenters. The lowest BCUT2D eigenvalue weighted by molar-refractivity contribution is -0.286. The summed E-state index contributed by atoms with van der Waals surface area (Å²) in [5, 5.41) is 14.5. The van der Waals surface area contributed by atoms with E-state index in [-0.39, 0.29) is 47.3 Å². The topological polar surface area (TPSA) is 97.1 Å². The summed E-state index contributed by atoms with van der Waals surface area (Å²) in [6.45, 7) is 1.67. The summed E-state index contributed by atoms with van der Waals surface area (Å²) in [4.78, 5) is 4.23. The summed E-state index contributed by atoms with van der Waals surface area (Å²) >= 11 is 0. The molecule has 5 aliphatic rings. The molecule has 45 heavy (non-hydrogen) atoms. The Morgan fingerprint density at radius 2 is 1.84 bits per heavy atom. The van der Waals surface area contributed by atoms with E-state index >= 15 is 0 Å². The molecule has 2 bridgehead atoms. The van der Waals surface area contributed by atoms with Crippen molar-refractivity contribution in [3.8, 4) is 23.1 Å². The predicted molar refractivity (Wildman–Crippen MR) is 146 cm³/mol. The molecular weight excluding hydrogens is 605 g/mol. The molecule has 3 fully saturated rings. The van der Waals surface area contributed by atoms with Gasteiger partial charge in [-0.2, -0.15) is 18.3 Å². The normalized spacial score (nSPS) is 27.8. The molecule has 9 nitrogen and oxygen atoms in total. The number of nitrogens with zero attached hydrogens (tertiary/aromatic N) is 3. The molecule has 1 aromatic carbocycles. The molecule has 0 radical (unpaired) electrons. The molecule has 0 saturated heterocycles. The second-order valence-corrected chi connectivity index (χ2v) is 12.2. The van der Waals surface area contributed by atoms with E-state index in [4.69, 9.17) is 14.2 Å². The first kappa shape index (κ1) is 30.2. The molecule has 8 rings (SSSR count). The third kappa shape index (κ3) is 5.61. The van der Waals surface area contributed by atoms with Crippen LogP contribution in [0, 0.1) is 17.8 Å². The number of aliphatic hydroxyl groups is 1. The number of aliphatic hydroxyl groups excluding tert-OH is 1. The van der Waals surface area contributed by atoms with Gasteiger partial charge in [-0.05, 0) is 81.0 Å². The number of hydrogen-bond donors (Lipinski definition) is 1. The third-order valence-electron chi connectivity index (χ3n) is 9.44. The molecule has 4 aliphatic carbocycles. The van der Waals surface area contributed by atoms with Crippen molar-refractivity contribution in [2.45, 2.75) is 82.5 Å². The lowest BCUT2D eigenvalue weighted by Gasteiger charge is -2.52. The molecule has 1 N–H and O–H groups in total. The number of aromatic nitrogens is 3. The van der Waals surface area contributed by atoms with Gasteiger partial charge in [-0.1, -0.05) is 6.07 Å². The smallest absolute Gasteiger partial charge is 0.470 e. The van der Waals surface area contributed by atoms with E-state index in [1.54, 1.807) is 19.1 Å². The van der Waals surface area contributed by atoms with Crippen LogP contribution in [0.4, 0.5) is 22.0 Å². The molecule has 3 saturated carbocycles. The maximum Gasteiger partial charge on any atom is 0.586 e. The van der Waals surface area contributed by atoms with Gasteiger partial charge in [0.25, 0.3) is 0 Å². The van der Waals surface area contributed by atoms with E-state index in [1.807, 2.05) is 0 Å². The minimum Gasteiger partial charge on any atom is -0.470 e. The van der Waals surface area contributed by atoms with Crippen molar-refractivity contribution in [1.29, 1.82) is 0 Å². The van der Waals surface area contributed by atoms with E-state index in [2.05, 4.69) is 19.6 Å². The van der Waals surface area contributed by atoms with Crippen molar-refractivity contribution in [3.05, 3.63) is 59.0 Å². The van der Waals surface area contributed by atoms with Crippen molar-refractivity contribution in [2.24, 2.45) is 17.8 Å². The highest BCUT2D eigenvalue weighted by Gasteiger charge is 2.50. The van der Waals surface area contributed by atoms with Crippen LogP contribution in [-0.2, 0) is 22.1 Å². The molecule has 2 aromatic heterocycles. The molecule has 242 valence electrons. The zero-order chi connectivity index (χ0) is 31.7. The summed E-state index contributed by atoms with van der Waals surface area (Å²) in [5.74, 6) is 0.397. The van der Waals surface area contributed by atoms with E-state index < -0.39 is 36.7 Å². The van der Waals surface area contributed by atoms with Crippen molar-refractivity contribution >= 4 is 0 Å². The van der Waals surface area contributed by atoms with Gasteiger partial charge in [0.2, 0.25) is 5.88 Å². The monoisotopic (exact) mass is 637 g/mol. The Hall–Kier alpha value is -3.49. The summed E-state index contributed by atoms with van der Waals surface area (Å²) in [7, 11) is 1.46. The molecule has 3 aromatic rings. The number of fused-ring (bicyclic) bond motifs is 4. The van der Waals surface area contributed by atoms with Gasteiger partial charge >= 0.3 is 12.5 Å². The summed E-state index contributed by atoms with van der Waals surface area (Å²) in [6, 6.07) is 7.29. The van der Waals surface area contributed by atoms with Crippen LogP contribution in [0.15, 0.2) is 36.5 Å². The molecule has 5 atom stereocenters. The van der Waals surface area contributed by atoms with E-state index in [1.165, 1.54) is 36.2 Å². The highest BCUT2D eigenvalue weighted by Crippen LogP contribution is 2.53. The van der Waals surface area contributed by atoms with Crippen LogP contribution in [0.3, 0.4) is 0 Å². The zero-order valence-electron chi connectivity index (χ0n) is 24.5. The van der Waals surface area contributed by atoms with Gasteiger partial charge in [0.15, 0.2) is 23.5 Å². The van der Waals surface area contributed by atoms with Gasteiger partial charge < -0.3 is 28.8 Å². The molecule has 0 spiro atoms. The molecule has 1 aliphatic heterocycles. The Bertz CT molecular complexity index is 1570. The first-order valence-corrected chi connectivity index (χ1v) is 15.0. The number of rotatable bonds is 8. The molecule has 3 heterocycles. The minimum absolute atomic E-state index is 0.0909. The van der Waals surface area contributed by atoms with E-state index in [0.717, 1.165) is 12.8 Å². The summed E-state index contributed by atoms with van der Waals surface area (Å²) in [5.41, 5.74) is 0.310. The van der Waals surface area contributed by atoms with E-state index in [9.17, 15) is 27.1 Å². The van der Waals surface area contributed by atoms with Crippen LogP contribution in [0.1, 0.15) is 73.8 Å². The van der Waals surface area contributed by atoms with Crippen molar-refractivity contribution in [3.63, 3.8) is 0 Å². The number of alkyl halides is 5. The van der Waals surface area contributed by atoms with Crippen LogP contribution in [0.2, 0.25) is 0 Å². The Morgan fingerprint density at radius 3 is 2.60 bits per heavy atom. The van der Waals surface area contributed by atoms with Gasteiger partial charge in [-0.25, -0.2) is 9.67 Å². The number of ether oxygens (including phenoxy) is 5. The van der Waals surface area contributed by atoms with Crippen LogP contribution < -0.4 is 14.2 Å².